The van der Waals surface area contributed by atoms with E-state index in [4.69, 9.17) is 34.8 Å². The van der Waals surface area contributed by atoms with Gasteiger partial charge in [-0.15, -0.1) is 11.6 Å². The molecule has 2 aromatic rings. The van der Waals surface area contributed by atoms with E-state index >= 15 is 0 Å². The molecule has 1 unspecified atom stereocenters. The van der Waals surface area contributed by atoms with Gasteiger partial charge in [0.15, 0.2) is 0 Å². The van der Waals surface area contributed by atoms with E-state index in [1.54, 1.807) is 0 Å². The first kappa shape index (κ1) is 14.2. The number of hydrogen-bond acceptors (Lipinski definition) is 0. The number of alkyl halides is 1. The van der Waals surface area contributed by atoms with E-state index in [2.05, 4.69) is 15.9 Å². The van der Waals surface area contributed by atoms with Crippen LogP contribution in [0.4, 0.5) is 0 Å². The van der Waals surface area contributed by atoms with Crippen LogP contribution in [0.3, 0.4) is 0 Å². The van der Waals surface area contributed by atoms with Gasteiger partial charge in [0.25, 0.3) is 0 Å². The minimum absolute atomic E-state index is 0.126. The summed E-state index contributed by atoms with van der Waals surface area (Å²) in [6, 6.07) is 13.4. The molecule has 0 spiro atoms. The van der Waals surface area contributed by atoms with Crippen LogP contribution in [0, 0.1) is 0 Å². The van der Waals surface area contributed by atoms with Gasteiger partial charge >= 0.3 is 0 Å². The van der Waals surface area contributed by atoms with E-state index in [1.807, 2.05) is 42.5 Å². The molecule has 0 fully saturated rings. The molecule has 0 aliphatic heterocycles. The standard InChI is InChI=1S/C14H10BrCl3/c15-11-7-10(5-6-13(11)17)14(18)8-9-3-1-2-4-12(9)16/h1-7,14H,8H2. The summed E-state index contributed by atoms with van der Waals surface area (Å²) in [7, 11) is 0. The summed E-state index contributed by atoms with van der Waals surface area (Å²) in [5.74, 6) is 0. The number of rotatable bonds is 3. The Morgan fingerprint density at radius 1 is 1.00 bits per heavy atom. The van der Waals surface area contributed by atoms with Crippen molar-refractivity contribution in [3.05, 3.63) is 68.1 Å². The molecular weight excluding hydrogens is 354 g/mol. The molecule has 0 amide bonds. The van der Waals surface area contributed by atoms with E-state index in [0.29, 0.717) is 11.4 Å². The Morgan fingerprint density at radius 2 is 1.72 bits per heavy atom. The number of halogens is 4. The van der Waals surface area contributed by atoms with Crippen LogP contribution < -0.4 is 0 Å². The van der Waals surface area contributed by atoms with E-state index in [1.165, 1.54) is 0 Å². The zero-order valence-electron chi connectivity index (χ0n) is 9.34. The lowest BCUT2D eigenvalue weighted by atomic mass is 10.0. The first-order valence-corrected chi connectivity index (χ1v) is 7.39. The second-order valence-corrected chi connectivity index (χ2v) is 6.13. The normalized spacial score (nSPS) is 12.4. The van der Waals surface area contributed by atoms with Crippen molar-refractivity contribution in [3.63, 3.8) is 0 Å². The molecule has 0 saturated carbocycles. The number of benzene rings is 2. The monoisotopic (exact) mass is 362 g/mol. The predicted molar refractivity (Wildman–Crippen MR) is 82.9 cm³/mol. The van der Waals surface area contributed by atoms with Crippen LogP contribution in [-0.2, 0) is 6.42 Å². The van der Waals surface area contributed by atoms with E-state index in [-0.39, 0.29) is 5.38 Å². The maximum atomic E-state index is 6.41. The Kier molecular flexibility index (Phi) is 4.97. The molecule has 0 N–H and O–H groups in total. The highest BCUT2D eigenvalue weighted by molar-refractivity contribution is 9.10. The van der Waals surface area contributed by atoms with Crippen molar-refractivity contribution in [1.82, 2.24) is 0 Å². The van der Waals surface area contributed by atoms with Crippen molar-refractivity contribution in [1.29, 1.82) is 0 Å². The van der Waals surface area contributed by atoms with E-state index in [0.717, 1.165) is 20.6 Å². The van der Waals surface area contributed by atoms with E-state index < -0.39 is 0 Å². The zero-order chi connectivity index (χ0) is 13.1. The van der Waals surface area contributed by atoms with Crippen LogP contribution in [0.1, 0.15) is 16.5 Å². The van der Waals surface area contributed by atoms with Crippen LogP contribution in [0.5, 0.6) is 0 Å². The first-order chi connectivity index (χ1) is 8.58. The Morgan fingerprint density at radius 3 is 2.39 bits per heavy atom. The minimum atomic E-state index is -0.126. The maximum absolute atomic E-state index is 6.41. The maximum Gasteiger partial charge on any atom is 0.0626 e. The molecule has 0 nitrogen and oxygen atoms in total. The average molecular weight is 364 g/mol. The van der Waals surface area contributed by atoms with Crippen molar-refractivity contribution >= 4 is 50.7 Å². The third-order valence-electron chi connectivity index (χ3n) is 2.66. The van der Waals surface area contributed by atoms with Crippen molar-refractivity contribution in [2.45, 2.75) is 11.8 Å². The summed E-state index contributed by atoms with van der Waals surface area (Å²) in [5.41, 5.74) is 2.07. The fourth-order valence-electron chi connectivity index (χ4n) is 1.68. The molecule has 1 atom stereocenters. The van der Waals surface area contributed by atoms with Gasteiger partial charge in [-0.2, -0.15) is 0 Å². The van der Waals surface area contributed by atoms with Gasteiger partial charge in [0.1, 0.15) is 0 Å². The molecule has 4 heteroatoms. The van der Waals surface area contributed by atoms with Gasteiger partial charge in [-0.3, -0.25) is 0 Å². The largest absolute Gasteiger partial charge is 0.117 e. The smallest absolute Gasteiger partial charge is 0.0626 e. The highest BCUT2D eigenvalue weighted by Gasteiger charge is 2.12. The predicted octanol–water partition coefficient (Wildman–Crippen LogP) is 6.28. The van der Waals surface area contributed by atoms with Gasteiger partial charge in [-0.1, -0.05) is 47.5 Å². The Labute approximate surface area is 130 Å². The van der Waals surface area contributed by atoms with E-state index in [9.17, 15) is 0 Å². The summed E-state index contributed by atoms with van der Waals surface area (Å²) in [5, 5.41) is 1.30. The number of hydrogen-bond donors (Lipinski definition) is 0. The molecule has 0 heterocycles. The van der Waals surface area contributed by atoms with Gasteiger partial charge in [0.2, 0.25) is 0 Å². The fraction of sp³-hybridized carbons (Fsp3) is 0.143. The molecule has 2 rings (SSSR count). The van der Waals surface area contributed by atoms with Gasteiger partial charge in [0, 0.05) is 9.50 Å². The Bertz CT molecular complexity index is 554. The SMILES string of the molecule is Clc1ccc(C(Cl)Cc2ccccc2Cl)cc1Br. The van der Waals surface area contributed by atoms with Crippen LogP contribution >= 0.6 is 50.7 Å². The second-order valence-electron chi connectivity index (χ2n) is 3.94. The van der Waals surface area contributed by atoms with Gasteiger partial charge in [-0.05, 0) is 51.7 Å². The lowest BCUT2D eigenvalue weighted by Crippen LogP contribution is -1.96. The first-order valence-electron chi connectivity index (χ1n) is 5.40. The zero-order valence-corrected chi connectivity index (χ0v) is 13.2. The van der Waals surface area contributed by atoms with Crippen molar-refractivity contribution in [3.8, 4) is 0 Å². The molecule has 18 heavy (non-hydrogen) atoms. The minimum Gasteiger partial charge on any atom is -0.117 e. The quantitative estimate of drug-likeness (QED) is 0.562. The third-order valence-corrected chi connectivity index (χ3v) is 4.65. The Hall–Kier alpha value is -0.210. The van der Waals surface area contributed by atoms with Crippen LogP contribution in [0.2, 0.25) is 10.0 Å². The van der Waals surface area contributed by atoms with Crippen molar-refractivity contribution in [2.24, 2.45) is 0 Å². The van der Waals surface area contributed by atoms with Crippen LogP contribution in [0.25, 0.3) is 0 Å². The molecule has 0 aliphatic carbocycles. The Balaban J connectivity index is 2.19. The summed E-state index contributed by atoms with van der Waals surface area (Å²) in [6.45, 7) is 0. The lowest BCUT2D eigenvalue weighted by Gasteiger charge is -2.12. The molecule has 0 aliphatic rings. The highest BCUT2D eigenvalue weighted by atomic mass is 79.9. The van der Waals surface area contributed by atoms with Crippen LogP contribution in [-0.4, -0.2) is 0 Å². The summed E-state index contributed by atoms with van der Waals surface area (Å²) < 4.78 is 0.853. The molecule has 0 bridgehead atoms. The summed E-state index contributed by atoms with van der Waals surface area (Å²) in [6.07, 6.45) is 0.690. The fourth-order valence-corrected chi connectivity index (χ4v) is 2.71. The van der Waals surface area contributed by atoms with Gasteiger partial charge in [0.05, 0.1) is 10.4 Å². The average Bonchev–Trinajstić information content (AvgIpc) is 2.35. The van der Waals surface area contributed by atoms with Crippen LogP contribution in [0.15, 0.2) is 46.9 Å². The molecule has 0 radical (unpaired) electrons. The summed E-state index contributed by atoms with van der Waals surface area (Å²) in [4.78, 5) is 0. The third kappa shape index (κ3) is 3.42. The summed E-state index contributed by atoms with van der Waals surface area (Å²) >= 11 is 21.9. The molecule has 94 valence electrons. The van der Waals surface area contributed by atoms with Gasteiger partial charge in [-0.25, -0.2) is 0 Å². The molecule has 0 aromatic heterocycles. The second kappa shape index (κ2) is 6.29. The van der Waals surface area contributed by atoms with Crippen molar-refractivity contribution < 1.29 is 0 Å². The molecule has 0 saturated heterocycles. The molecule has 2 aromatic carbocycles. The van der Waals surface area contributed by atoms with Gasteiger partial charge < -0.3 is 0 Å². The highest BCUT2D eigenvalue weighted by Crippen LogP contribution is 2.32. The molecular formula is C14H10BrCl3. The topological polar surface area (TPSA) is 0 Å². The van der Waals surface area contributed by atoms with Crippen molar-refractivity contribution in [2.75, 3.05) is 0 Å². The lowest BCUT2D eigenvalue weighted by molar-refractivity contribution is 0.919.